The van der Waals surface area contributed by atoms with Gasteiger partial charge in [0.2, 0.25) is 0 Å². The molecular weight excluding hydrogens is 316 g/mol. The highest BCUT2D eigenvalue weighted by Gasteiger charge is 2.07. The minimum Gasteiger partial charge on any atom is -0.457 e. The molecule has 5 heteroatoms. The highest BCUT2D eigenvalue weighted by molar-refractivity contribution is 6.04. The summed E-state index contributed by atoms with van der Waals surface area (Å²) < 4.78 is 7.16. The van der Waals surface area contributed by atoms with E-state index in [1.807, 2.05) is 31.2 Å². The molecule has 0 saturated heterocycles. The van der Waals surface area contributed by atoms with Crippen LogP contribution in [0.25, 0.3) is 0 Å². The van der Waals surface area contributed by atoms with Gasteiger partial charge in [-0.3, -0.25) is 9.59 Å². The molecule has 5 nitrogen and oxygen atoms in total. The van der Waals surface area contributed by atoms with Gasteiger partial charge in [-0.05, 0) is 49.4 Å². The smallest absolute Gasteiger partial charge is 0.255 e. The monoisotopic (exact) mass is 334 g/mol. The van der Waals surface area contributed by atoms with E-state index in [1.165, 1.54) is 16.2 Å². The summed E-state index contributed by atoms with van der Waals surface area (Å²) in [5.74, 6) is 1.10. The Bertz CT molecular complexity index is 942. The molecule has 1 heterocycles. The molecule has 25 heavy (non-hydrogen) atoms. The SMILES string of the molecule is Cc1ccc(Oc2ccc(NC(=O)c3ccn(C)c(=O)c3)cc2)cc1. The summed E-state index contributed by atoms with van der Waals surface area (Å²) in [5.41, 5.74) is 1.89. The van der Waals surface area contributed by atoms with Crippen LogP contribution in [0.15, 0.2) is 71.7 Å². The second-order valence-electron chi connectivity index (χ2n) is 5.76. The summed E-state index contributed by atoms with van der Waals surface area (Å²) in [4.78, 5) is 23.8. The molecule has 0 spiro atoms. The molecule has 126 valence electrons. The molecule has 0 fully saturated rings. The summed E-state index contributed by atoms with van der Waals surface area (Å²) in [6.45, 7) is 2.02. The van der Waals surface area contributed by atoms with Crippen molar-refractivity contribution in [1.29, 1.82) is 0 Å². The van der Waals surface area contributed by atoms with E-state index in [2.05, 4.69) is 5.32 Å². The molecule has 0 radical (unpaired) electrons. The van der Waals surface area contributed by atoms with Crippen LogP contribution in [-0.4, -0.2) is 10.5 Å². The summed E-state index contributed by atoms with van der Waals surface area (Å²) in [6, 6.07) is 17.7. The van der Waals surface area contributed by atoms with E-state index in [1.54, 1.807) is 43.6 Å². The van der Waals surface area contributed by atoms with Gasteiger partial charge >= 0.3 is 0 Å². The van der Waals surface area contributed by atoms with E-state index in [9.17, 15) is 9.59 Å². The molecule has 0 aliphatic rings. The molecule has 0 aliphatic heterocycles. The quantitative estimate of drug-likeness (QED) is 0.791. The molecule has 3 aromatic rings. The Morgan fingerprint density at radius 1 is 0.960 bits per heavy atom. The van der Waals surface area contributed by atoms with Crippen LogP contribution in [0.3, 0.4) is 0 Å². The van der Waals surface area contributed by atoms with Gasteiger partial charge in [0.1, 0.15) is 11.5 Å². The molecule has 1 aromatic heterocycles. The topological polar surface area (TPSA) is 60.3 Å². The van der Waals surface area contributed by atoms with Gasteiger partial charge in [-0.2, -0.15) is 0 Å². The number of anilines is 1. The van der Waals surface area contributed by atoms with Crippen molar-refractivity contribution in [3.05, 3.63) is 88.3 Å². The number of aromatic nitrogens is 1. The predicted molar refractivity (Wildman–Crippen MR) is 97.3 cm³/mol. The minimum atomic E-state index is -0.329. The zero-order valence-electron chi connectivity index (χ0n) is 14.0. The highest BCUT2D eigenvalue weighted by Crippen LogP contribution is 2.23. The maximum absolute atomic E-state index is 12.2. The number of ether oxygens (including phenoxy) is 1. The Labute approximate surface area is 145 Å². The number of nitrogens with zero attached hydrogens (tertiary/aromatic N) is 1. The van der Waals surface area contributed by atoms with Gasteiger partial charge in [-0.1, -0.05) is 17.7 Å². The number of pyridine rings is 1. The Morgan fingerprint density at radius 2 is 1.56 bits per heavy atom. The number of amides is 1. The van der Waals surface area contributed by atoms with Crippen molar-refractivity contribution in [2.24, 2.45) is 7.05 Å². The third-order valence-electron chi connectivity index (χ3n) is 3.74. The van der Waals surface area contributed by atoms with E-state index >= 15 is 0 Å². The van der Waals surface area contributed by atoms with Crippen molar-refractivity contribution in [2.45, 2.75) is 6.92 Å². The summed E-state index contributed by atoms with van der Waals surface area (Å²) in [7, 11) is 1.64. The number of carbonyl (C=O) groups is 1. The molecule has 0 aliphatic carbocycles. The van der Waals surface area contributed by atoms with Crippen molar-refractivity contribution in [3.8, 4) is 11.5 Å². The molecule has 1 amide bonds. The van der Waals surface area contributed by atoms with Crippen LogP contribution in [0.5, 0.6) is 11.5 Å². The maximum atomic E-state index is 12.2. The van der Waals surface area contributed by atoms with E-state index in [0.717, 1.165) is 5.75 Å². The largest absolute Gasteiger partial charge is 0.457 e. The van der Waals surface area contributed by atoms with Gasteiger partial charge in [-0.15, -0.1) is 0 Å². The lowest BCUT2D eigenvalue weighted by atomic mass is 10.2. The first-order chi connectivity index (χ1) is 12.0. The minimum absolute atomic E-state index is 0.227. The van der Waals surface area contributed by atoms with Crippen LogP contribution in [0.4, 0.5) is 5.69 Å². The standard InChI is InChI=1S/C20H18N2O3/c1-14-3-7-17(8-4-14)25-18-9-5-16(6-10-18)21-20(24)15-11-12-22(2)19(23)13-15/h3-13H,1-2H3,(H,21,24). The lowest BCUT2D eigenvalue weighted by Gasteiger charge is -2.08. The third kappa shape index (κ3) is 4.14. The van der Waals surface area contributed by atoms with E-state index in [-0.39, 0.29) is 11.5 Å². The van der Waals surface area contributed by atoms with Crippen molar-refractivity contribution >= 4 is 11.6 Å². The van der Waals surface area contributed by atoms with Gasteiger partial charge in [0, 0.05) is 30.6 Å². The Balaban J connectivity index is 1.67. The first-order valence-corrected chi connectivity index (χ1v) is 7.84. The lowest BCUT2D eigenvalue weighted by molar-refractivity contribution is 0.102. The fraction of sp³-hybridized carbons (Fsp3) is 0.100. The third-order valence-corrected chi connectivity index (χ3v) is 3.74. The Kier molecular flexibility index (Phi) is 4.66. The van der Waals surface area contributed by atoms with Crippen molar-refractivity contribution in [3.63, 3.8) is 0 Å². The normalized spacial score (nSPS) is 10.3. The molecule has 0 bridgehead atoms. The summed E-state index contributed by atoms with van der Waals surface area (Å²) >= 11 is 0. The molecule has 0 atom stereocenters. The first-order valence-electron chi connectivity index (χ1n) is 7.84. The number of rotatable bonds is 4. The van der Waals surface area contributed by atoms with Gasteiger partial charge in [-0.25, -0.2) is 0 Å². The van der Waals surface area contributed by atoms with Crippen LogP contribution < -0.4 is 15.6 Å². The zero-order valence-corrected chi connectivity index (χ0v) is 14.0. The summed E-state index contributed by atoms with van der Waals surface area (Å²) in [5, 5.41) is 2.76. The highest BCUT2D eigenvalue weighted by atomic mass is 16.5. The second kappa shape index (κ2) is 7.05. The van der Waals surface area contributed by atoms with Crippen LogP contribution >= 0.6 is 0 Å². The van der Waals surface area contributed by atoms with Crippen molar-refractivity contribution in [2.75, 3.05) is 5.32 Å². The molecule has 2 aromatic carbocycles. The lowest BCUT2D eigenvalue weighted by Crippen LogP contribution is -2.19. The molecule has 0 unspecified atom stereocenters. The van der Waals surface area contributed by atoms with Gasteiger partial charge in [0.25, 0.3) is 11.5 Å². The molecular formula is C20H18N2O3. The second-order valence-corrected chi connectivity index (χ2v) is 5.76. The molecule has 3 rings (SSSR count). The van der Waals surface area contributed by atoms with E-state index in [4.69, 9.17) is 4.74 Å². The average molecular weight is 334 g/mol. The first kappa shape index (κ1) is 16.5. The average Bonchev–Trinajstić information content (AvgIpc) is 2.61. The number of hydrogen-bond donors (Lipinski definition) is 1. The van der Waals surface area contributed by atoms with Gasteiger partial charge < -0.3 is 14.6 Å². The number of carbonyl (C=O) groups excluding carboxylic acids is 1. The maximum Gasteiger partial charge on any atom is 0.255 e. The van der Waals surface area contributed by atoms with Gasteiger partial charge in [0.05, 0.1) is 0 Å². The van der Waals surface area contributed by atoms with Crippen LogP contribution in [-0.2, 0) is 7.05 Å². The number of hydrogen-bond acceptors (Lipinski definition) is 3. The van der Waals surface area contributed by atoms with Crippen LogP contribution in [0, 0.1) is 6.92 Å². The Hall–Kier alpha value is -3.34. The fourth-order valence-electron chi connectivity index (χ4n) is 2.24. The zero-order chi connectivity index (χ0) is 17.8. The van der Waals surface area contributed by atoms with Crippen molar-refractivity contribution in [1.82, 2.24) is 4.57 Å². The molecule has 0 saturated carbocycles. The van der Waals surface area contributed by atoms with E-state index < -0.39 is 0 Å². The number of nitrogens with one attached hydrogen (secondary N) is 1. The molecule has 1 N–H and O–H groups in total. The predicted octanol–water partition coefficient (Wildman–Crippen LogP) is 3.74. The Morgan fingerprint density at radius 3 is 2.16 bits per heavy atom. The van der Waals surface area contributed by atoms with Crippen molar-refractivity contribution < 1.29 is 9.53 Å². The fourth-order valence-corrected chi connectivity index (χ4v) is 2.24. The van der Waals surface area contributed by atoms with E-state index in [0.29, 0.717) is 17.0 Å². The van der Waals surface area contributed by atoms with Crippen LogP contribution in [0.2, 0.25) is 0 Å². The number of aryl methyl sites for hydroxylation is 2. The van der Waals surface area contributed by atoms with Crippen LogP contribution in [0.1, 0.15) is 15.9 Å². The number of benzene rings is 2. The summed E-state index contributed by atoms with van der Waals surface area (Å²) in [6.07, 6.45) is 1.57. The van der Waals surface area contributed by atoms with Gasteiger partial charge in [0.15, 0.2) is 0 Å².